The summed E-state index contributed by atoms with van der Waals surface area (Å²) in [6, 6.07) is 32.3. The summed E-state index contributed by atoms with van der Waals surface area (Å²) in [6.45, 7) is 1.72. The summed E-state index contributed by atoms with van der Waals surface area (Å²) in [5.41, 5.74) is 3.24. The molecule has 5 heteroatoms. The minimum absolute atomic E-state index is 0.236. The highest BCUT2D eigenvalue weighted by Crippen LogP contribution is 2.30. The van der Waals surface area contributed by atoms with Gasteiger partial charge in [-0.05, 0) is 16.7 Å². The van der Waals surface area contributed by atoms with Crippen molar-refractivity contribution in [3.8, 4) is 6.07 Å². The predicted octanol–water partition coefficient (Wildman–Crippen LogP) is 5.06. The van der Waals surface area contributed by atoms with Crippen molar-refractivity contribution in [3.05, 3.63) is 108 Å². The Balaban J connectivity index is 1.45. The summed E-state index contributed by atoms with van der Waals surface area (Å²) in [7, 11) is 0. The number of hydrogen-bond acceptors (Lipinski definition) is 5. The molecule has 0 amide bonds. The van der Waals surface area contributed by atoms with Gasteiger partial charge in [-0.15, -0.1) is 0 Å². The quantitative estimate of drug-likeness (QED) is 0.415. The van der Waals surface area contributed by atoms with Crippen molar-refractivity contribution in [2.45, 2.75) is 50.7 Å². The van der Waals surface area contributed by atoms with Gasteiger partial charge in [0.2, 0.25) is 0 Å². The number of nitriles is 1. The van der Waals surface area contributed by atoms with Crippen LogP contribution < -0.4 is 0 Å². The molecule has 1 heterocycles. The Kier molecular flexibility index (Phi) is 8.62. The van der Waals surface area contributed by atoms with Crippen LogP contribution in [0.1, 0.15) is 23.1 Å². The lowest BCUT2D eigenvalue weighted by Gasteiger charge is -2.25. The summed E-state index contributed by atoms with van der Waals surface area (Å²) < 4.78 is 24.9. The fourth-order valence-corrected chi connectivity index (χ4v) is 4.00. The lowest BCUT2D eigenvalue weighted by molar-refractivity contribution is -0.0898. The monoisotopic (exact) mass is 443 g/mol. The first-order valence-electron chi connectivity index (χ1n) is 11.3. The molecule has 3 aromatic carbocycles. The first-order chi connectivity index (χ1) is 16.3. The van der Waals surface area contributed by atoms with E-state index in [-0.39, 0.29) is 30.8 Å². The second-order valence-corrected chi connectivity index (χ2v) is 8.10. The summed E-state index contributed by atoms with van der Waals surface area (Å²) in [6.07, 6.45) is -1.16. The second kappa shape index (κ2) is 12.3. The Hall–Kier alpha value is -3.01. The van der Waals surface area contributed by atoms with Gasteiger partial charge in [-0.1, -0.05) is 91.0 Å². The molecule has 0 radical (unpaired) electrons. The fraction of sp³-hybridized carbons (Fsp3) is 0.321. The Morgan fingerprint density at radius 3 is 1.58 bits per heavy atom. The third-order valence-electron chi connectivity index (χ3n) is 5.66. The zero-order valence-corrected chi connectivity index (χ0v) is 18.6. The Morgan fingerprint density at radius 1 is 0.636 bits per heavy atom. The normalized spacial score (nSPS) is 22.2. The SMILES string of the molecule is N#CCC1OC(COCc2ccccc2)C(OCc2ccccc2)C1OCc1ccccc1. The standard InChI is InChI=1S/C28H29NO4/c29-17-16-25-27(31-19-23-12-6-2-7-13-23)28(32-20-24-14-8-3-9-15-24)26(33-25)21-30-18-22-10-4-1-5-11-22/h1-15,25-28H,16,18-21H2. The average Bonchev–Trinajstić information content (AvgIpc) is 3.19. The van der Waals surface area contributed by atoms with E-state index in [1.54, 1.807) is 0 Å². The van der Waals surface area contributed by atoms with Crippen LogP contribution in [0.2, 0.25) is 0 Å². The van der Waals surface area contributed by atoms with Gasteiger partial charge in [-0.3, -0.25) is 0 Å². The van der Waals surface area contributed by atoms with Crippen LogP contribution in [0.5, 0.6) is 0 Å². The van der Waals surface area contributed by atoms with Crippen LogP contribution in [0.15, 0.2) is 91.0 Å². The van der Waals surface area contributed by atoms with Crippen molar-refractivity contribution in [2.75, 3.05) is 6.61 Å². The van der Waals surface area contributed by atoms with E-state index in [2.05, 4.69) is 6.07 Å². The molecule has 4 unspecified atom stereocenters. The first-order valence-corrected chi connectivity index (χ1v) is 11.3. The van der Waals surface area contributed by atoms with E-state index in [0.717, 1.165) is 16.7 Å². The van der Waals surface area contributed by atoms with Gasteiger partial charge in [-0.25, -0.2) is 0 Å². The molecule has 1 aliphatic rings. The first kappa shape index (κ1) is 23.2. The highest BCUT2D eigenvalue weighted by molar-refractivity contribution is 5.15. The second-order valence-electron chi connectivity index (χ2n) is 8.10. The molecule has 33 heavy (non-hydrogen) atoms. The maximum absolute atomic E-state index is 9.38. The summed E-state index contributed by atoms with van der Waals surface area (Å²) >= 11 is 0. The third kappa shape index (κ3) is 6.74. The van der Waals surface area contributed by atoms with Gasteiger partial charge in [0.25, 0.3) is 0 Å². The van der Waals surface area contributed by atoms with E-state index in [9.17, 15) is 5.26 Å². The molecule has 0 aromatic heterocycles. The van der Waals surface area contributed by atoms with Gasteiger partial charge in [0, 0.05) is 0 Å². The Morgan fingerprint density at radius 2 is 1.09 bits per heavy atom. The number of ether oxygens (including phenoxy) is 4. The number of rotatable bonds is 11. The van der Waals surface area contributed by atoms with Crippen LogP contribution in [-0.4, -0.2) is 31.0 Å². The summed E-state index contributed by atoms with van der Waals surface area (Å²) in [5, 5.41) is 9.38. The zero-order valence-electron chi connectivity index (χ0n) is 18.6. The van der Waals surface area contributed by atoms with Crippen molar-refractivity contribution in [1.82, 2.24) is 0 Å². The molecule has 1 saturated heterocycles. The predicted molar refractivity (Wildman–Crippen MR) is 125 cm³/mol. The Labute approximate surface area is 195 Å². The summed E-state index contributed by atoms with van der Waals surface area (Å²) in [5.74, 6) is 0. The lowest BCUT2D eigenvalue weighted by atomic mass is 10.1. The minimum atomic E-state index is -0.371. The minimum Gasteiger partial charge on any atom is -0.374 e. The molecule has 0 N–H and O–H groups in total. The van der Waals surface area contributed by atoms with E-state index in [1.807, 2.05) is 91.0 Å². The Bertz CT molecular complexity index is 991. The van der Waals surface area contributed by atoms with Crippen LogP contribution in [0.4, 0.5) is 0 Å². The summed E-state index contributed by atoms with van der Waals surface area (Å²) in [4.78, 5) is 0. The molecule has 4 rings (SSSR count). The molecular formula is C28H29NO4. The van der Waals surface area contributed by atoms with Crippen molar-refractivity contribution in [1.29, 1.82) is 5.26 Å². The van der Waals surface area contributed by atoms with Crippen molar-refractivity contribution < 1.29 is 18.9 Å². The van der Waals surface area contributed by atoms with E-state index in [0.29, 0.717) is 26.4 Å². The molecule has 0 saturated carbocycles. The van der Waals surface area contributed by atoms with Crippen LogP contribution in [0, 0.1) is 11.3 Å². The van der Waals surface area contributed by atoms with Gasteiger partial charge in [0.1, 0.15) is 18.3 Å². The number of hydrogen-bond donors (Lipinski definition) is 0. The van der Waals surface area contributed by atoms with E-state index < -0.39 is 0 Å². The highest BCUT2D eigenvalue weighted by Gasteiger charge is 2.46. The molecule has 3 aromatic rings. The number of nitrogens with zero attached hydrogens (tertiary/aromatic N) is 1. The molecule has 170 valence electrons. The van der Waals surface area contributed by atoms with Crippen molar-refractivity contribution >= 4 is 0 Å². The average molecular weight is 444 g/mol. The molecule has 5 nitrogen and oxygen atoms in total. The smallest absolute Gasteiger partial charge is 0.115 e. The molecule has 4 atom stereocenters. The van der Waals surface area contributed by atoms with Gasteiger partial charge >= 0.3 is 0 Å². The van der Waals surface area contributed by atoms with Crippen LogP contribution >= 0.6 is 0 Å². The molecule has 0 spiro atoms. The largest absolute Gasteiger partial charge is 0.374 e. The molecule has 1 aliphatic heterocycles. The van der Waals surface area contributed by atoms with Gasteiger partial charge < -0.3 is 18.9 Å². The number of benzene rings is 3. The van der Waals surface area contributed by atoms with Crippen molar-refractivity contribution in [2.24, 2.45) is 0 Å². The van der Waals surface area contributed by atoms with E-state index in [1.165, 1.54) is 0 Å². The fourth-order valence-electron chi connectivity index (χ4n) is 4.00. The zero-order chi connectivity index (χ0) is 22.7. The lowest BCUT2D eigenvalue weighted by Crippen LogP contribution is -2.39. The van der Waals surface area contributed by atoms with Gasteiger partial charge in [0.05, 0.1) is 45.0 Å². The molecule has 0 aliphatic carbocycles. The van der Waals surface area contributed by atoms with Crippen LogP contribution in [0.25, 0.3) is 0 Å². The van der Waals surface area contributed by atoms with Crippen molar-refractivity contribution in [3.63, 3.8) is 0 Å². The van der Waals surface area contributed by atoms with Gasteiger partial charge in [-0.2, -0.15) is 5.26 Å². The van der Waals surface area contributed by atoms with E-state index in [4.69, 9.17) is 18.9 Å². The van der Waals surface area contributed by atoms with Crippen LogP contribution in [-0.2, 0) is 38.8 Å². The third-order valence-corrected chi connectivity index (χ3v) is 5.66. The topological polar surface area (TPSA) is 60.7 Å². The molecular weight excluding hydrogens is 414 g/mol. The maximum Gasteiger partial charge on any atom is 0.115 e. The van der Waals surface area contributed by atoms with E-state index >= 15 is 0 Å². The van der Waals surface area contributed by atoms with Crippen LogP contribution in [0.3, 0.4) is 0 Å². The van der Waals surface area contributed by atoms with Gasteiger partial charge in [0.15, 0.2) is 0 Å². The maximum atomic E-state index is 9.38. The molecule has 1 fully saturated rings. The molecule has 0 bridgehead atoms. The highest BCUT2D eigenvalue weighted by atomic mass is 16.6.